The van der Waals surface area contributed by atoms with Crippen molar-refractivity contribution in [2.75, 3.05) is 19.0 Å². The Hall–Kier alpha value is -1.03. The molecule has 2 aromatic rings. The second kappa shape index (κ2) is 9.96. The Bertz CT molecular complexity index is 535. The second-order valence-corrected chi connectivity index (χ2v) is 7.02. The molecule has 1 aromatic heterocycles. The molecular weight excluding hydrogens is 326 g/mol. The predicted octanol–water partition coefficient (Wildman–Crippen LogP) is 4.95. The maximum absolute atomic E-state index is 9.85. The quantitative estimate of drug-likeness (QED) is 0.770. The number of thiophene rings is 1. The summed E-state index contributed by atoms with van der Waals surface area (Å²) in [5, 5.41) is 13.9. The van der Waals surface area contributed by atoms with Gasteiger partial charge in [0.15, 0.2) is 0 Å². The fourth-order valence-corrected chi connectivity index (χ4v) is 3.85. The lowest BCUT2D eigenvalue weighted by Crippen LogP contribution is -2.41. The molecule has 1 atom stereocenters. The fraction of sp³-hybridized carbons (Fsp3) is 0.474. The van der Waals surface area contributed by atoms with Crippen LogP contribution in [0.1, 0.15) is 30.9 Å². The van der Waals surface area contributed by atoms with Gasteiger partial charge in [-0.15, -0.1) is 11.6 Å². The van der Waals surface area contributed by atoms with Gasteiger partial charge in [-0.1, -0.05) is 31.2 Å². The van der Waals surface area contributed by atoms with E-state index in [0.29, 0.717) is 17.7 Å². The van der Waals surface area contributed by atoms with E-state index in [9.17, 15) is 5.11 Å². The highest BCUT2D eigenvalue weighted by atomic mass is 35.5. The van der Waals surface area contributed by atoms with Crippen LogP contribution in [0.5, 0.6) is 5.75 Å². The van der Waals surface area contributed by atoms with Crippen LogP contribution in [0.25, 0.3) is 0 Å². The summed E-state index contributed by atoms with van der Waals surface area (Å²) in [5.41, 5.74) is 2.46. The average molecular weight is 352 g/mol. The zero-order valence-electron chi connectivity index (χ0n) is 13.7. The molecule has 0 aliphatic heterocycles. The molecule has 0 amide bonds. The van der Waals surface area contributed by atoms with Crippen molar-refractivity contribution in [2.24, 2.45) is 0 Å². The molecule has 23 heavy (non-hydrogen) atoms. The van der Waals surface area contributed by atoms with E-state index >= 15 is 0 Å². The van der Waals surface area contributed by atoms with Gasteiger partial charge in [0.25, 0.3) is 0 Å². The molecule has 1 aliphatic carbocycles. The lowest BCUT2D eigenvalue weighted by Gasteiger charge is -2.34. The first-order valence-electron chi connectivity index (χ1n) is 8.33. The van der Waals surface area contributed by atoms with Gasteiger partial charge in [-0.05, 0) is 60.2 Å². The molecular formula is C19H26ClNOS. The Morgan fingerprint density at radius 1 is 1.22 bits per heavy atom. The van der Waals surface area contributed by atoms with Crippen molar-refractivity contribution in [2.45, 2.75) is 38.6 Å². The Kier molecular flexibility index (Phi) is 7.93. The van der Waals surface area contributed by atoms with Crippen LogP contribution in [0.3, 0.4) is 0 Å². The fourth-order valence-electron chi connectivity index (χ4n) is 3.18. The number of rotatable bonds is 5. The van der Waals surface area contributed by atoms with E-state index in [0.717, 1.165) is 37.9 Å². The molecule has 0 spiro atoms. The van der Waals surface area contributed by atoms with Crippen molar-refractivity contribution < 1.29 is 5.11 Å². The normalized spacial score (nSPS) is 16.6. The van der Waals surface area contributed by atoms with Gasteiger partial charge in [0.2, 0.25) is 0 Å². The van der Waals surface area contributed by atoms with Gasteiger partial charge < -0.3 is 5.11 Å². The Morgan fingerprint density at radius 2 is 2.00 bits per heavy atom. The number of halogens is 1. The highest BCUT2D eigenvalue weighted by Gasteiger charge is 2.24. The van der Waals surface area contributed by atoms with Crippen LogP contribution in [0.2, 0.25) is 0 Å². The van der Waals surface area contributed by atoms with Crippen molar-refractivity contribution in [3.05, 3.63) is 52.2 Å². The largest absolute Gasteiger partial charge is 0.508 e. The molecule has 0 fully saturated rings. The van der Waals surface area contributed by atoms with Crippen molar-refractivity contribution in [3.63, 3.8) is 0 Å². The standard InChI is InChI=1S/C15H22ClNO.C4H4S/c1-2-9-17(10-8-16)13-6-7-14-12(11-13)4-3-5-15(14)18;1-2-4-5-3-1/h3-5,13,18H,2,6-11H2,1H3;1-4H. The molecule has 1 aromatic carbocycles. The van der Waals surface area contributed by atoms with Crippen LogP contribution in [0, 0.1) is 0 Å². The maximum Gasteiger partial charge on any atom is 0.119 e. The van der Waals surface area contributed by atoms with Gasteiger partial charge in [-0.3, -0.25) is 4.90 Å². The molecule has 126 valence electrons. The molecule has 1 heterocycles. The summed E-state index contributed by atoms with van der Waals surface area (Å²) in [4.78, 5) is 2.50. The monoisotopic (exact) mass is 351 g/mol. The first-order chi connectivity index (χ1) is 11.3. The molecule has 0 bridgehead atoms. The zero-order chi connectivity index (χ0) is 16.5. The van der Waals surface area contributed by atoms with Gasteiger partial charge in [0.05, 0.1) is 0 Å². The summed E-state index contributed by atoms with van der Waals surface area (Å²) >= 11 is 7.61. The molecule has 3 rings (SSSR count). The van der Waals surface area contributed by atoms with E-state index in [2.05, 4.69) is 17.9 Å². The third kappa shape index (κ3) is 5.52. The predicted molar refractivity (Wildman–Crippen MR) is 101 cm³/mol. The molecule has 0 saturated carbocycles. The van der Waals surface area contributed by atoms with E-state index in [1.54, 1.807) is 17.4 Å². The molecule has 0 radical (unpaired) electrons. The highest BCUT2D eigenvalue weighted by Crippen LogP contribution is 2.30. The van der Waals surface area contributed by atoms with E-state index in [1.165, 1.54) is 12.0 Å². The number of benzene rings is 1. The van der Waals surface area contributed by atoms with Crippen LogP contribution in [-0.4, -0.2) is 35.0 Å². The molecule has 4 heteroatoms. The number of alkyl halides is 1. The number of aromatic hydroxyl groups is 1. The summed E-state index contributed by atoms with van der Waals surface area (Å²) in [6.07, 6.45) is 4.32. The third-order valence-corrected chi connectivity index (χ3v) is 5.05. The topological polar surface area (TPSA) is 23.5 Å². The van der Waals surface area contributed by atoms with Crippen LogP contribution in [0.15, 0.2) is 41.1 Å². The summed E-state index contributed by atoms with van der Waals surface area (Å²) in [6, 6.07) is 10.5. The summed E-state index contributed by atoms with van der Waals surface area (Å²) in [5.74, 6) is 1.16. The minimum absolute atomic E-state index is 0.463. The van der Waals surface area contributed by atoms with Gasteiger partial charge in [-0.2, -0.15) is 11.3 Å². The summed E-state index contributed by atoms with van der Waals surface area (Å²) in [6.45, 7) is 4.30. The minimum Gasteiger partial charge on any atom is -0.508 e. The molecule has 1 unspecified atom stereocenters. The van der Waals surface area contributed by atoms with Gasteiger partial charge >= 0.3 is 0 Å². The Labute approximate surface area is 148 Å². The van der Waals surface area contributed by atoms with Crippen LogP contribution < -0.4 is 0 Å². The van der Waals surface area contributed by atoms with E-state index in [-0.39, 0.29) is 0 Å². The van der Waals surface area contributed by atoms with Crippen molar-refractivity contribution in [1.82, 2.24) is 4.90 Å². The van der Waals surface area contributed by atoms with Crippen LogP contribution in [0.4, 0.5) is 0 Å². The number of hydrogen-bond donors (Lipinski definition) is 1. The molecule has 2 nitrogen and oxygen atoms in total. The smallest absolute Gasteiger partial charge is 0.119 e. The lowest BCUT2D eigenvalue weighted by atomic mass is 9.87. The first kappa shape index (κ1) is 18.3. The summed E-state index contributed by atoms with van der Waals surface area (Å²) < 4.78 is 0. The van der Waals surface area contributed by atoms with Crippen molar-refractivity contribution >= 4 is 22.9 Å². The van der Waals surface area contributed by atoms with Gasteiger partial charge in [-0.25, -0.2) is 0 Å². The number of fused-ring (bicyclic) bond motifs is 1. The molecule has 0 saturated heterocycles. The second-order valence-electron chi connectivity index (χ2n) is 5.83. The minimum atomic E-state index is 0.463. The van der Waals surface area contributed by atoms with Gasteiger partial charge in [0.1, 0.15) is 5.75 Å². The van der Waals surface area contributed by atoms with E-state index in [4.69, 9.17) is 11.6 Å². The van der Waals surface area contributed by atoms with Crippen molar-refractivity contribution in [3.8, 4) is 5.75 Å². The lowest BCUT2D eigenvalue weighted by molar-refractivity contribution is 0.189. The van der Waals surface area contributed by atoms with E-state index < -0.39 is 0 Å². The SMILES string of the molecule is CCCN(CCCl)C1CCc2c(O)cccc2C1.c1ccsc1. The van der Waals surface area contributed by atoms with Gasteiger partial charge in [0, 0.05) is 18.5 Å². The number of phenols is 1. The maximum atomic E-state index is 9.85. The number of phenolic OH excluding ortho intramolecular Hbond substituents is 1. The number of hydrogen-bond acceptors (Lipinski definition) is 3. The Balaban J connectivity index is 0.000000326. The molecule has 1 aliphatic rings. The molecule has 1 N–H and O–H groups in total. The van der Waals surface area contributed by atoms with E-state index in [1.807, 2.05) is 29.0 Å². The van der Waals surface area contributed by atoms with Crippen LogP contribution in [-0.2, 0) is 12.8 Å². The highest BCUT2D eigenvalue weighted by molar-refractivity contribution is 7.07. The third-order valence-electron chi connectivity index (χ3n) is 4.26. The summed E-state index contributed by atoms with van der Waals surface area (Å²) in [7, 11) is 0. The zero-order valence-corrected chi connectivity index (χ0v) is 15.3. The average Bonchev–Trinajstić information content (AvgIpc) is 3.14. The van der Waals surface area contributed by atoms with Crippen LogP contribution >= 0.6 is 22.9 Å². The number of nitrogens with zero attached hydrogens (tertiary/aromatic N) is 1. The Morgan fingerprint density at radius 3 is 2.61 bits per heavy atom. The first-order valence-corrected chi connectivity index (χ1v) is 9.80. The van der Waals surface area contributed by atoms with Crippen molar-refractivity contribution in [1.29, 1.82) is 0 Å².